The van der Waals surface area contributed by atoms with E-state index in [4.69, 9.17) is 5.11 Å². The predicted octanol–water partition coefficient (Wildman–Crippen LogP) is 1.47. The van der Waals surface area contributed by atoms with Crippen molar-refractivity contribution in [2.75, 3.05) is 11.9 Å². The standard InChI is InChI=1S/C14H16N4O2/c19-8-7-9-1-5-11(6-2-9)15-14(20)13-16-12(17-18-13)10-3-4-10/h1-2,5-6,10,19H,3-4,7-8H2,(H,15,20)(H,16,17,18). The van der Waals surface area contributed by atoms with Gasteiger partial charge in [0.1, 0.15) is 5.82 Å². The Kier molecular flexibility index (Phi) is 3.47. The lowest BCUT2D eigenvalue weighted by Gasteiger charge is -2.03. The van der Waals surface area contributed by atoms with Gasteiger partial charge in [0.2, 0.25) is 5.82 Å². The summed E-state index contributed by atoms with van der Waals surface area (Å²) in [5.74, 6) is 1.10. The normalized spacial score (nSPS) is 14.2. The molecule has 1 aromatic carbocycles. The van der Waals surface area contributed by atoms with Crippen molar-refractivity contribution in [2.45, 2.75) is 25.2 Å². The molecule has 2 aromatic rings. The highest BCUT2D eigenvalue weighted by Gasteiger charge is 2.28. The maximum atomic E-state index is 12.0. The van der Waals surface area contributed by atoms with Crippen LogP contribution in [0.15, 0.2) is 24.3 Å². The molecular weight excluding hydrogens is 256 g/mol. The summed E-state index contributed by atoms with van der Waals surface area (Å²) in [5.41, 5.74) is 1.72. The second kappa shape index (κ2) is 5.42. The SMILES string of the molecule is O=C(Nc1ccc(CCO)cc1)c1n[nH]c(C2CC2)n1. The Hall–Kier alpha value is -2.21. The van der Waals surface area contributed by atoms with Gasteiger partial charge >= 0.3 is 0 Å². The molecule has 20 heavy (non-hydrogen) atoms. The second-order valence-corrected chi connectivity index (χ2v) is 4.94. The predicted molar refractivity (Wildman–Crippen MR) is 73.5 cm³/mol. The maximum absolute atomic E-state index is 12.0. The Morgan fingerprint density at radius 3 is 2.75 bits per heavy atom. The molecule has 0 aliphatic heterocycles. The molecule has 1 amide bonds. The molecule has 0 radical (unpaired) electrons. The summed E-state index contributed by atoms with van der Waals surface area (Å²) in [4.78, 5) is 16.2. The monoisotopic (exact) mass is 272 g/mol. The van der Waals surface area contributed by atoms with Crippen LogP contribution in [0.4, 0.5) is 5.69 Å². The molecule has 1 aromatic heterocycles. The summed E-state index contributed by atoms with van der Waals surface area (Å²) in [7, 11) is 0. The number of rotatable bonds is 5. The Morgan fingerprint density at radius 1 is 1.35 bits per heavy atom. The minimum absolute atomic E-state index is 0.118. The molecule has 6 heteroatoms. The van der Waals surface area contributed by atoms with Gasteiger partial charge in [-0.15, -0.1) is 5.10 Å². The molecule has 6 nitrogen and oxygen atoms in total. The molecule has 0 saturated heterocycles. The summed E-state index contributed by atoms with van der Waals surface area (Å²) in [5, 5.41) is 18.3. The first kappa shape index (κ1) is 12.8. The minimum atomic E-state index is -0.317. The van der Waals surface area contributed by atoms with Gasteiger partial charge < -0.3 is 10.4 Å². The second-order valence-electron chi connectivity index (χ2n) is 4.94. The molecule has 1 aliphatic rings. The largest absolute Gasteiger partial charge is 0.396 e. The van der Waals surface area contributed by atoms with Gasteiger partial charge in [-0.05, 0) is 37.0 Å². The van der Waals surface area contributed by atoms with Crippen LogP contribution in [0.2, 0.25) is 0 Å². The first-order chi connectivity index (χ1) is 9.76. The number of carbonyl (C=O) groups is 1. The molecule has 3 rings (SSSR count). The fourth-order valence-electron chi connectivity index (χ4n) is 1.99. The lowest BCUT2D eigenvalue weighted by molar-refractivity contribution is 0.101. The molecule has 3 N–H and O–H groups in total. The van der Waals surface area contributed by atoms with Gasteiger partial charge in [-0.1, -0.05) is 12.1 Å². The third-order valence-corrected chi connectivity index (χ3v) is 3.28. The van der Waals surface area contributed by atoms with E-state index in [-0.39, 0.29) is 18.3 Å². The van der Waals surface area contributed by atoms with E-state index in [0.29, 0.717) is 18.0 Å². The van der Waals surface area contributed by atoms with Crippen molar-refractivity contribution in [3.05, 3.63) is 41.5 Å². The highest BCUT2D eigenvalue weighted by atomic mass is 16.3. The number of carbonyl (C=O) groups excluding carboxylic acids is 1. The number of aromatic nitrogens is 3. The molecule has 1 heterocycles. The zero-order valence-electron chi connectivity index (χ0n) is 11.0. The van der Waals surface area contributed by atoms with E-state index in [1.54, 1.807) is 12.1 Å². The summed E-state index contributed by atoms with van der Waals surface area (Å²) in [6.45, 7) is 0.118. The van der Waals surface area contributed by atoms with Gasteiger partial charge in [-0.2, -0.15) is 0 Å². The van der Waals surface area contributed by atoms with E-state index in [0.717, 1.165) is 24.2 Å². The van der Waals surface area contributed by atoms with Gasteiger partial charge in [-0.25, -0.2) is 4.98 Å². The van der Waals surface area contributed by atoms with Gasteiger partial charge in [0, 0.05) is 18.2 Å². The van der Waals surface area contributed by atoms with Crippen LogP contribution in [0.25, 0.3) is 0 Å². The number of hydrogen-bond donors (Lipinski definition) is 3. The van der Waals surface area contributed by atoms with E-state index >= 15 is 0 Å². The maximum Gasteiger partial charge on any atom is 0.295 e. The van der Waals surface area contributed by atoms with Crippen LogP contribution < -0.4 is 5.32 Å². The molecule has 0 unspecified atom stereocenters. The Labute approximate surface area is 116 Å². The minimum Gasteiger partial charge on any atom is -0.396 e. The number of aliphatic hydroxyl groups is 1. The van der Waals surface area contributed by atoms with Crippen LogP contribution >= 0.6 is 0 Å². The average molecular weight is 272 g/mol. The van der Waals surface area contributed by atoms with Crippen molar-refractivity contribution in [3.63, 3.8) is 0 Å². The van der Waals surface area contributed by atoms with E-state index in [2.05, 4.69) is 20.5 Å². The number of benzene rings is 1. The van der Waals surface area contributed by atoms with Crippen molar-refractivity contribution in [1.29, 1.82) is 0 Å². The fourth-order valence-corrected chi connectivity index (χ4v) is 1.99. The van der Waals surface area contributed by atoms with Crippen LogP contribution in [0, 0.1) is 0 Å². The van der Waals surface area contributed by atoms with Crippen molar-refractivity contribution in [3.8, 4) is 0 Å². The molecule has 0 spiro atoms. The number of anilines is 1. The zero-order chi connectivity index (χ0) is 13.9. The van der Waals surface area contributed by atoms with Crippen LogP contribution in [0.5, 0.6) is 0 Å². The van der Waals surface area contributed by atoms with E-state index < -0.39 is 0 Å². The van der Waals surface area contributed by atoms with Crippen LogP contribution in [0.3, 0.4) is 0 Å². The van der Waals surface area contributed by atoms with Gasteiger partial charge in [0.05, 0.1) is 0 Å². The molecule has 1 fully saturated rings. The summed E-state index contributed by atoms with van der Waals surface area (Å²) in [6, 6.07) is 7.35. The molecule has 1 saturated carbocycles. The highest BCUT2D eigenvalue weighted by molar-refractivity contribution is 6.01. The zero-order valence-corrected chi connectivity index (χ0v) is 11.0. The number of aliphatic hydroxyl groups excluding tert-OH is 1. The van der Waals surface area contributed by atoms with Crippen molar-refractivity contribution >= 4 is 11.6 Å². The molecular formula is C14H16N4O2. The molecule has 104 valence electrons. The summed E-state index contributed by atoms with van der Waals surface area (Å²) < 4.78 is 0. The first-order valence-electron chi connectivity index (χ1n) is 6.69. The Morgan fingerprint density at radius 2 is 2.10 bits per heavy atom. The average Bonchev–Trinajstić information content (AvgIpc) is 3.19. The number of H-pyrrole nitrogens is 1. The number of aromatic amines is 1. The summed E-state index contributed by atoms with van der Waals surface area (Å²) >= 11 is 0. The lowest BCUT2D eigenvalue weighted by Crippen LogP contribution is -2.13. The topological polar surface area (TPSA) is 90.9 Å². The van der Waals surface area contributed by atoms with Crippen molar-refractivity contribution < 1.29 is 9.90 Å². The first-order valence-corrected chi connectivity index (χ1v) is 6.69. The molecule has 0 atom stereocenters. The third-order valence-electron chi connectivity index (χ3n) is 3.28. The summed E-state index contributed by atoms with van der Waals surface area (Å²) in [6.07, 6.45) is 2.84. The Balaban J connectivity index is 1.64. The highest BCUT2D eigenvalue weighted by Crippen LogP contribution is 2.37. The molecule has 1 aliphatic carbocycles. The van der Waals surface area contributed by atoms with E-state index in [9.17, 15) is 4.79 Å². The van der Waals surface area contributed by atoms with Gasteiger partial charge in [-0.3, -0.25) is 9.89 Å². The van der Waals surface area contributed by atoms with Gasteiger partial charge in [0.15, 0.2) is 0 Å². The van der Waals surface area contributed by atoms with E-state index in [1.807, 2.05) is 12.1 Å². The molecule has 0 bridgehead atoms. The van der Waals surface area contributed by atoms with Crippen LogP contribution in [-0.2, 0) is 6.42 Å². The van der Waals surface area contributed by atoms with Crippen LogP contribution in [0.1, 0.15) is 40.8 Å². The third kappa shape index (κ3) is 2.85. The van der Waals surface area contributed by atoms with Crippen LogP contribution in [-0.4, -0.2) is 32.8 Å². The van der Waals surface area contributed by atoms with E-state index in [1.165, 1.54) is 0 Å². The van der Waals surface area contributed by atoms with Gasteiger partial charge in [0.25, 0.3) is 5.91 Å². The number of amides is 1. The number of nitrogens with one attached hydrogen (secondary N) is 2. The Bertz CT molecular complexity index is 602. The van der Waals surface area contributed by atoms with Crippen molar-refractivity contribution in [1.82, 2.24) is 15.2 Å². The number of nitrogens with zero attached hydrogens (tertiary/aromatic N) is 2. The fraction of sp³-hybridized carbons (Fsp3) is 0.357. The van der Waals surface area contributed by atoms with Crippen molar-refractivity contribution in [2.24, 2.45) is 0 Å². The smallest absolute Gasteiger partial charge is 0.295 e. The lowest BCUT2D eigenvalue weighted by atomic mass is 10.1. The quantitative estimate of drug-likeness (QED) is 0.768. The number of hydrogen-bond acceptors (Lipinski definition) is 4.